The SMILES string of the molecule is Cc1ccncc1NC(=O)N[C@H](c1nc(C(C)C)no1)C1CCOCC1. The van der Waals surface area contributed by atoms with Crippen molar-refractivity contribution in [1.82, 2.24) is 20.4 Å². The molecule has 0 radical (unpaired) electrons. The second-order valence-electron chi connectivity index (χ2n) is 6.86. The monoisotopic (exact) mass is 359 g/mol. The van der Waals surface area contributed by atoms with Gasteiger partial charge in [-0.3, -0.25) is 4.98 Å². The van der Waals surface area contributed by atoms with Crippen molar-refractivity contribution >= 4 is 11.7 Å². The van der Waals surface area contributed by atoms with Gasteiger partial charge in [0.05, 0.1) is 11.9 Å². The van der Waals surface area contributed by atoms with Gasteiger partial charge in [0.1, 0.15) is 6.04 Å². The maximum atomic E-state index is 12.6. The van der Waals surface area contributed by atoms with Crippen LogP contribution in [0.5, 0.6) is 0 Å². The minimum Gasteiger partial charge on any atom is -0.381 e. The van der Waals surface area contributed by atoms with Crippen LogP contribution in [0.4, 0.5) is 10.5 Å². The maximum Gasteiger partial charge on any atom is 0.319 e. The molecule has 2 aromatic heterocycles. The number of nitrogens with zero attached hydrogens (tertiary/aromatic N) is 3. The minimum atomic E-state index is -0.351. The lowest BCUT2D eigenvalue weighted by atomic mass is 9.91. The van der Waals surface area contributed by atoms with Crippen molar-refractivity contribution in [1.29, 1.82) is 0 Å². The van der Waals surface area contributed by atoms with Gasteiger partial charge in [0.25, 0.3) is 0 Å². The predicted molar refractivity (Wildman–Crippen MR) is 95.8 cm³/mol. The molecule has 8 heteroatoms. The van der Waals surface area contributed by atoms with Gasteiger partial charge >= 0.3 is 6.03 Å². The predicted octanol–water partition coefficient (Wildman–Crippen LogP) is 3.19. The zero-order valence-corrected chi connectivity index (χ0v) is 15.4. The summed E-state index contributed by atoms with van der Waals surface area (Å²) in [6.45, 7) is 7.25. The molecule has 2 aromatic rings. The molecule has 3 heterocycles. The first-order valence-corrected chi connectivity index (χ1v) is 8.94. The molecular weight excluding hydrogens is 334 g/mol. The lowest BCUT2D eigenvalue weighted by Crippen LogP contribution is -2.38. The fraction of sp³-hybridized carbons (Fsp3) is 0.556. The number of anilines is 1. The van der Waals surface area contributed by atoms with E-state index in [1.807, 2.05) is 26.8 Å². The van der Waals surface area contributed by atoms with Crippen LogP contribution in [-0.2, 0) is 4.74 Å². The summed E-state index contributed by atoms with van der Waals surface area (Å²) in [5.74, 6) is 1.43. The van der Waals surface area contributed by atoms with Crippen LogP contribution in [0, 0.1) is 12.8 Å². The quantitative estimate of drug-likeness (QED) is 0.850. The second-order valence-corrected chi connectivity index (χ2v) is 6.86. The Bertz CT molecular complexity index is 740. The highest BCUT2D eigenvalue weighted by Gasteiger charge is 2.31. The summed E-state index contributed by atoms with van der Waals surface area (Å²) in [6.07, 6.45) is 4.98. The van der Waals surface area contributed by atoms with E-state index in [2.05, 4.69) is 25.8 Å². The Labute approximate surface area is 152 Å². The van der Waals surface area contributed by atoms with E-state index < -0.39 is 0 Å². The van der Waals surface area contributed by atoms with Gasteiger partial charge in [-0.05, 0) is 37.3 Å². The smallest absolute Gasteiger partial charge is 0.319 e. The highest BCUT2D eigenvalue weighted by atomic mass is 16.5. The number of pyridine rings is 1. The molecule has 1 saturated heterocycles. The molecule has 1 aliphatic heterocycles. The number of aromatic nitrogens is 3. The number of carbonyl (C=O) groups is 1. The molecule has 1 aliphatic rings. The maximum absolute atomic E-state index is 12.6. The molecule has 2 N–H and O–H groups in total. The van der Waals surface area contributed by atoms with Crippen LogP contribution in [0.1, 0.15) is 55.9 Å². The number of rotatable bonds is 5. The third-order valence-corrected chi connectivity index (χ3v) is 4.55. The summed E-state index contributed by atoms with van der Waals surface area (Å²) in [6, 6.07) is 1.18. The molecule has 3 rings (SSSR count). The van der Waals surface area contributed by atoms with Crippen molar-refractivity contribution in [3.63, 3.8) is 0 Å². The van der Waals surface area contributed by atoms with Gasteiger partial charge in [-0.1, -0.05) is 19.0 Å². The summed E-state index contributed by atoms with van der Waals surface area (Å²) >= 11 is 0. The van der Waals surface area contributed by atoms with E-state index in [4.69, 9.17) is 9.26 Å². The summed E-state index contributed by atoms with van der Waals surface area (Å²) < 4.78 is 10.9. The molecule has 0 unspecified atom stereocenters. The highest BCUT2D eigenvalue weighted by molar-refractivity contribution is 5.90. The van der Waals surface area contributed by atoms with E-state index in [0.717, 1.165) is 18.4 Å². The number of hydrogen-bond acceptors (Lipinski definition) is 6. The number of ether oxygens (including phenoxy) is 1. The number of urea groups is 1. The van der Waals surface area contributed by atoms with Crippen molar-refractivity contribution in [2.24, 2.45) is 5.92 Å². The van der Waals surface area contributed by atoms with Gasteiger partial charge < -0.3 is 19.9 Å². The summed E-state index contributed by atoms with van der Waals surface area (Å²) in [5.41, 5.74) is 1.61. The molecule has 0 spiro atoms. The lowest BCUT2D eigenvalue weighted by molar-refractivity contribution is 0.0506. The average Bonchev–Trinajstić information content (AvgIpc) is 3.12. The summed E-state index contributed by atoms with van der Waals surface area (Å²) in [7, 11) is 0. The van der Waals surface area contributed by atoms with Gasteiger partial charge in [-0.15, -0.1) is 0 Å². The van der Waals surface area contributed by atoms with Crippen molar-refractivity contribution in [3.05, 3.63) is 35.7 Å². The van der Waals surface area contributed by atoms with Crippen LogP contribution >= 0.6 is 0 Å². The fourth-order valence-corrected chi connectivity index (χ4v) is 2.93. The van der Waals surface area contributed by atoms with E-state index in [1.165, 1.54) is 0 Å². The van der Waals surface area contributed by atoms with Crippen LogP contribution in [0.2, 0.25) is 0 Å². The minimum absolute atomic E-state index is 0.162. The van der Waals surface area contributed by atoms with Crippen LogP contribution in [-0.4, -0.2) is 34.4 Å². The largest absolute Gasteiger partial charge is 0.381 e. The molecule has 26 heavy (non-hydrogen) atoms. The third kappa shape index (κ3) is 4.37. The topological polar surface area (TPSA) is 102 Å². The van der Waals surface area contributed by atoms with Crippen LogP contribution < -0.4 is 10.6 Å². The Kier molecular flexibility index (Phi) is 5.82. The molecule has 1 atom stereocenters. The molecular formula is C18H25N5O3. The van der Waals surface area contributed by atoms with Gasteiger partial charge in [0, 0.05) is 25.3 Å². The summed E-state index contributed by atoms with van der Waals surface area (Å²) in [5, 5.41) is 9.88. The Morgan fingerprint density at radius 3 is 2.73 bits per heavy atom. The van der Waals surface area contributed by atoms with E-state index >= 15 is 0 Å². The number of amides is 2. The lowest BCUT2D eigenvalue weighted by Gasteiger charge is -2.28. The van der Waals surface area contributed by atoms with Crippen molar-refractivity contribution in [3.8, 4) is 0 Å². The van der Waals surface area contributed by atoms with Gasteiger partial charge in [-0.2, -0.15) is 4.98 Å². The second kappa shape index (κ2) is 8.27. The molecule has 0 aliphatic carbocycles. The molecule has 0 aromatic carbocycles. The third-order valence-electron chi connectivity index (χ3n) is 4.55. The first-order valence-electron chi connectivity index (χ1n) is 8.94. The Hall–Kier alpha value is -2.48. The molecule has 8 nitrogen and oxygen atoms in total. The normalized spacial score (nSPS) is 16.5. The van der Waals surface area contributed by atoms with Crippen LogP contribution in [0.3, 0.4) is 0 Å². The fourth-order valence-electron chi connectivity index (χ4n) is 2.93. The summed E-state index contributed by atoms with van der Waals surface area (Å²) in [4.78, 5) is 21.1. The standard InChI is InChI=1S/C18H25N5O3/c1-11(2)16-22-17(26-23-16)15(13-5-8-25-9-6-13)21-18(24)20-14-10-19-7-4-12(14)3/h4,7,10-11,13,15H,5-6,8-9H2,1-3H3,(H2,20,21,24)/t15-/m0/s1. The van der Waals surface area contributed by atoms with Crippen molar-refractivity contribution < 1.29 is 14.1 Å². The van der Waals surface area contributed by atoms with Gasteiger partial charge in [0.2, 0.25) is 5.89 Å². The van der Waals surface area contributed by atoms with E-state index in [9.17, 15) is 4.79 Å². The molecule has 0 bridgehead atoms. The highest BCUT2D eigenvalue weighted by Crippen LogP contribution is 2.30. The molecule has 1 fully saturated rings. The zero-order chi connectivity index (χ0) is 18.5. The number of aryl methyl sites for hydroxylation is 1. The average molecular weight is 359 g/mol. The van der Waals surface area contributed by atoms with E-state index in [0.29, 0.717) is 30.6 Å². The van der Waals surface area contributed by atoms with Gasteiger partial charge in [-0.25, -0.2) is 4.79 Å². The molecule has 0 saturated carbocycles. The number of carbonyl (C=O) groups excluding carboxylic acids is 1. The first kappa shape index (κ1) is 18.3. The molecule has 140 valence electrons. The van der Waals surface area contributed by atoms with E-state index in [1.54, 1.807) is 12.4 Å². The molecule has 2 amide bonds. The number of nitrogens with one attached hydrogen (secondary N) is 2. The Balaban J connectivity index is 1.76. The number of hydrogen-bond donors (Lipinski definition) is 2. The van der Waals surface area contributed by atoms with Gasteiger partial charge in [0.15, 0.2) is 5.82 Å². The van der Waals surface area contributed by atoms with Crippen LogP contribution in [0.15, 0.2) is 23.0 Å². The first-order chi connectivity index (χ1) is 12.5. The van der Waals surface area contributed by atoms with Crippen molar-refractivity contribution in [2.45, 2.75) is 45.6 Å². The zero-order valence-electron chi connectivity index (χ0n) is 15.4. The van der Waals surface area contributed by atoms with Crippen molar-refractivity contribution in [2.75, 3.05) is 18.5 Å². The van der Waals surface area contributed by atoms with Crippen LogP contribution in [0.25, 0.3) is 0 Å². The Morgan fingerprint density at radius 2 is 2.08 bits per heavy atom. The van der Waals surface area contributed by atoms with E-state index in [-0.39, 0.29) is 23.9 Å². The Morgan fingerprint density at radius 1 is 1.31 bits per heavy atom.